The summed E-state index contributed by atoms with van der Waals surface area (Å²) >= 11 is 0. The molecule has 1 heterocycles. The first kappa shape index (κ1) is 26.0. The Balaban J connectivity index is 1.13. The minimum atomic E-state index is 0.949. The first-order valence-electron chi connectivity index (χ1n) is 16.1. The lowest BCUT2D eigenvalue weighted by Crippen LogP contribution is -1.97. The van der Waals surface area contributed by atoms with E-state index in [0.29, 0.717) is 0 Å². The molecule has 0 radical (unpaired) electrons. The van der Waals surface area contributed by atoms with Crippen molar-refractivity contribution in [2.45, 2.75) is 0 Å². The number of rotatable bonds is 4. The number of hydrogen-bond donors (Lipinski definition) is 0. The molecule has 0 saturated heterocycles. The highest BCUT2D eigenvalue weighted by Crippen LogP contribution is 2.43. The summed E-state index contributed by atoms with van der Waals surface area (Å²) in [6, 6.07) is 61.5. The highest BCUT2D eigenvalue weighted by Gasteiger charge is 2.17. The smallest absolute Gasteiger partial charge is 0.145 e. The number of para-hydroxylation sites is 2. The molecule has 0 N–H and O–H groups in total. The van der Waals surface area contributed by atoms with Gasteiger partial charge < -0.3 is 0 Å². The van der Waals surface area contributed by atoms with Gasteiger partial charge in [0.05, 0.1) is 11.0 Å². The van der Waals surface area contributed by atoms with Crippen LogP contribution in [0.4, 0.5) is 0 Å². The predicted octanol–water partition coefficient (Wildman–Crippen LogP) is 12.1. The van der Waals surface area contributed by atoms with Gasteiger partial charge in [0.15, 0.2) is 0 Å². The quantitative estimate of drug-likeness (QED) is 0.185. The van der Waals surface area contributed by atoms with E-state index in [1.165, 1.54) is 65.3 Å². The van der Waals surface area contributed by atoms with Crippen LogP contribution in [0, 0.1) is 0 Å². The maximum atomic E-state index is 5.03. The van der Waals surface area contributed by atoms with Crippen molar-refractivity contribution in [2.75, 3.05) is 0 Å². The van der Waals surface area contributed by atoms with E-state index in [1.807, 2.05) is 6.07 Å². The fourth-order valence-electron chi connectivity index (χ4n) is 7.52. The Morgan fingerprint density at radius 1 is 0.383 bits per heavy atom. The Morgan fingerprint density at radius 3 is 1.70 bits per heavy atom. The molecule has 0 aliphatic rings. The van der Waals surface area contributed by atoms with Gasteiger partial charge in [0.25, 0.3) is 0 Å². The molecule has 0 unspecified atom stereocenters. The normalized spacial score (nSPS) is 11.8. The summed E-state index contributed by atoms with van der Waals surface area (Å²) in [5.41, 5.74) is 9.25. The summed E-state index contributed by atoms with van der Waals surface area (Å²) in [6.07, 6.45) is 0. The summed E-state index contributed by atoms with van der Waals surface area (Å²) in [7, 11) is 0. The molecule has 9 aromatic carbocycles. The molecule has 1 aromatic heterocycles. The van der Waals surface area contributed by atoms with Gasteiger partial charge >= 0.3 is 0 Å². The molecule has 47 heavy (non-hydrogen) atoms. The van der Waals surface area contributed by atoms with Crippen LogP contribution in [0.5, 0.6) is 0 Å². The highest BCUT2D eigenvalue weighted by molar-refractivity contribution is 6.27. The molecule has 0 spiro atoms. The first-order valence-corrected chi connectivity index (χ1v) is 16.1. The zero-order valence-electron chi connectivity index (χ0n) is 25.6. The third kappa shape index (κ3) is 4.02. The van der Waals surface area contributed by atoms with Crippen molar-refractivity contribution in [1.29, 1.82) is 0 Å². The molecule has 2 nitrogen and oxygen atoms in total. The monoisotopic (exact) mass is 596 g/mol. The zero-order valence-corrected chi connectivity index (χ0v) is 25.6. The van der Waals surface area contributed by atoms with Crippen LogP contribution in [0.2, 0.25) is 0 Å². The van der Waals surface area contributed by atoms with Crippen LogP contribution in [0.3, 0.4) is 0 Å². The van der Waals surface area contributed by atoms with Gasteiger partial charge in [0.1, 0.15) is 5.82 Å². The Labute approximate surface area is 272 Å². The van der Waals surface area contributed by atoms with E-state index in [1.54, 1.807) is 0 Å². The van der Waals surface area contributed by atoms with Gasteiger partial charge in [-0.05, 0) is 95.7 Å². The van der Waals surface area contributed by atoms with Crippen LogP contribution in [-0.2, 0) is 0 Å². The third-order valence-corrected chi connectivity index (χ3v) is 9.75. The summed E-state index contributed by atoms with van der Waals surface area (Å²) in [6.45, 7) is 0. The Hall–Kier alpha value is -6.25. The number of benzene rings is 9. The molecule has 0 saturated carbocycles. The molecule has 0 aliphatic carbocycles. The van der Waals surface area contributed by atoms with Crippen molar-refractivity contribution in [2.24, 2.45) is 0 Å². The predicted molar refractivity (Wildman–Crippen MR) is 199 cm³/mol. The van der Waals surface area contributed by atoms with E-state index in [4.69, 9.17) is 4.98 Å². The number of hydrogen-bond acceptors (Lipinski definition) is 1. The molecular formula is C45H28N2. The average molecular weight is 597 g/mol. The molecular weight excluding hydrogens is 569 g/mol. The Bertz CT molecular complexity index is 2770. The summed E-state index contributed by atoms with van der Waals surface area (Å²) in [5, 5.41) is 10.3. The van der Waals surface area contributed by atoms with Crippen LogP contribution >= 0.6 is 0 Å². The standard InChI is InChI=1S/C45H28N2/c1-2-9-33(10-3-1)45-46-41-12-6-7-13-42(41)47(45)36-22-16-30(17-23-36)37-24-18-31-21-27-40-38(25-19-32-20-26-39(37)43(31)44(32)40)35-15-14-29-8-4-5-11-34(29)28-35/h1-28H. The minimum Gasteiger partial charge on any atom is -0.292 e. The Morgan fingerprint density at radius 2 is 0.957 bits per heavy atom. The van der Waals surface area contributed by atoms with Crippen molar-refractivity contribution >= 4 is 54.1 Å². The average Bonchev–Trinajstić information content (AvgIpc) is 3.54. The van der Waals surface area contributed by atoms with Gasteiger partial charge in [0.2, 0.25) is 0 Å². The fraction of sp³-hybridized carbons (Fsp3) is 0. The maximum absolute atomic E-state index is 5.03. The number of fused-ring (bicyclic) bond motifs is 2. The molecule has 218 valence electrons. The van der Waals surface area contributed by atoms with Crippen LogP contribution in [0.25, 0.3) is 93.5 Å². The SMILES string of the molecule is c1ccc(-c2nc3ccccc3n2-c2ccc(-c3ccc4ccc5c(-c6ccc7ccccc7c6)ccc6ccc3c4c65)cc2)cc1. The van der Waals surface area contributed by atoms with Gasteiger partial charge in [-0.15, -0.1) is 0 Å². The van der Waals surface area contributed by atoms with E-state index in [-0.39, 0.29) is 0 Å². The maximum Gasteiger partial charge on any atom is 0.145 e. The largest absolute Gasteiger partial charge is 0.292 e. The summed E-state index contributed by atoms with van der Waals surface area (Å²) in [5.74, 6) is 0.949. The molecule has 10 aromatic rings. The van der Waals surface area contributed by atoms with Gasteiger partial charge in [0, 0.05) is 11.3 Å². The Kier molecular flexibility index (Phi) is 5.61. The summed E-state index contributed by atoms with van der Waals surface area (Å²) < 4.78 is 2.27. The van der Waals surface area contributed by atoms with Crippen molar-refractivity contribution in [1.82, 2.24) is 9.55 Å². The number of aromatic nitrogens is 2. The second kappa shape index (κ2) is 10.1. The van der Waals surface area contributed by atoms with E-state index in [0.717, 1.165) is 28.1 Å². The van der Waals surface area contributed by atoms with E-state index in [2.05, 4.69) is 168 Å². The minimum absolute atomic E-state index is 0.949. The molecule has 10 rings (SSSR count). The van der Waals surface area contributed by atoms with Crippen LogP contribution in [-0.4, -0.2) is 9.55 Å². The van der Waals surface area contributed by atoms with Crippen molar-refractivity contribution < 1.29 is 0 Å². The van der Waals surface area contributed by atoms with Gasteiger partial charge in [-0.3, -0.25) is 4.57 Å². The topological polar surface area (TPSA) is 17.8 Å². The second-order valence-electron chi connectivity index (χ2n) is 12.4. The van der Waals surface area contributed by atoms with Crippen LogP contribution in [0.1, 0.15) is 0 Å². The van der Waals surface area contributed by atoms with Crippen molar-refractivity contribution in [3.8, 4) is 39.3 Å². The molecule has 0 fully saturated rings. The number of nitrogens with zero attached hydrogens (tertiary/aromatic N) is 2. The van der Waals surface area contributed by atoms with Crippen molar-refractivity contribution in [3.63, 3.8) is 0 Å². The van der Waals surface area contributed by atoms with E-state index in [9.17, 15) is 0 Å². The third-order valence-electron chi connectivity index (χ3n) is 9.75. The fourth-order valence-corrected chi connectivity index (χ4v) is 7.52. The van der Waals surface area contributed by atoms with E-state index < -0.39 is 0 Å². The molecule has 0 amide bonds. The van der Waals surface area contributed by atoms with Gasteiger partial charge in [-0.1, -0.05) is 140 Å². The summed E-state index contributed by atoms with van der Waals surface area (Å²) in [4.78, 5) is 5.03. The lowest BCUT2D eigenvalue weighted by Gasteiger charge is -2.17. The highest BCUT2D eigenvalue weighted by atomic mass is 15.1. The van der Waals surface area contributed by atoms with Crippen LogP contribution < -0.4 is 0 Å². The lowest BCUT2D eigenvalue weighted by atomic mass is 9.87. The van der Waals surface area contributed by atoms with Gasteiger partial charge in [-0.25, -0.2) is 4.98 Å². The zero-order chi connectivity index (χ0) is 30.9. The molecule has 2 heteroatoms. The van der Waals surface area contributed by atoms with Crippen molar-refractivity contribution in [3.05, 3.63) is 170 Å². The molecule has 0 bridgehead atoms. The second-order valence-corrected chi connectivity index (χ2v) is 12.4. The van der Waals surface area contributed by atoms with Crippen LogP contribution in [0.15, 0.2) is 170 Å². The number of imidazole rings is 1. The molecule has 0 aliphatic heterocycles. The molecule has 0 atom stereocenters. The lowest BCUT2D eigenvalue weighted by molar-refractivity contribution is 1.10. The first-order chi connectivity index (χ1) is 23.3. The van der Waals surface area contributed by atoms with Gasteiger partial charge in [-0.2, -0.15) is 0 Å². The van der Waals surface area contributed by atoms with E-state index >= 15 is 0 Å².